The first-order valence-electron chi connectivity index (χ1n) is 9.39. The van der Waals surface area contributed by atoms with Crippen molar-refractivity contribution in [3.05, 3.63) is 42.2 Å². The number of aromatic hydroxyl groups is 1. The Kier molecular flexibility index (Phi) is 5.20. The maximum Gasteiger partial charge on any atom is 0.416 e. The fourth-order valence-corrected chi connectivity index (χ4v) is 3.70. The van der Waals surface area contributed by atoms with E-state index in [9.17, 15) is 28.5 Å². The van der Waals surface area contributed by atoms with Crippen molar-refractivity contribution >= 4 is 16.6 Å². The molecule has 1 aliphatic carbocycles. The van der Waals surface area contributed by atoms with Gasteiger partial charge in [0.1, 0.15) is 11.4 Å². The molecule has 1 aromatic carbocycles. The molecule has 2 heterocycles. The van der Waals surface area contributed by atoms with Crippen molar-refractivity contribution in [1.82, 2.24) is 15.2 Å². The maximum absolute atomic E-state index is 12.9. The highest BCUT2D eigenvalue weighted by molar-refractivity contribution is 6.00. The number of benzene rings is 1. The molecule has 1 fully saturated rings. The summed E-state index contributed by atoms with van der Waals surface area (Å²) in [7, 11) is 0. The molecule has 0 aliphatic heterocycles. The van der Waals surface area contributed by atoms with Gasteiger partial charge in [-0.05, 0) is 43.5 Å². The van der Waals surface area contributed by atoms with Crippen molar-refractivity contribution in [3.8, 4) is 17.0 Å². The summed E-state index contributed by atoms with van der Waals surface area (Å²) in [4.78, 5) is 4.07. The average molecular weight is 420 g/mol. The van der Waals surface area contributed by atoms with Gasteiger partial charge in [-0.2, -0.15) is 13.2 Å². The fraction of sp³-hybridized carbons (Fsp3) is 0.350. The molecule has 4 N–H and O–H groups in total. The molecule has 0 spiro atoms. The summed E-state index contributed by atoms with van der Waals surface area (Å²) in [6.45, 7) is 0. The molecule has 30 heavy (non-hydrogen) atoms. The minimum atomic E-state index is -4.58. The molecule has 0 amide bonds. The highest BCUT2D eigenvalue weighted by Gasteiger charge is 2.32. The number of rotatable bonds is 3. The third-order valence-electron chi connectivity index (χ3n) is 5.31. The van der Waals surface area contributed by atoms with Gasteiger partial charge in [-0.15, -0.1) is 10.2 Å². The predicted molar refractivity (Wildman–Crippen MR) is 103 cm³/mol. The third kappa shape index (κ3) is 3.75. The van der Waals surface area contributed by atoms with Gasteiger partial charge in [-0.1, -0.05) is 0 Å². The highest BCUT2D eigenvalue weighted by Crippen LogP contribution is 2.38. The second-order valence-electron chi connectivity index (χ2n) is 7.29. The van der Waals surface area contributed by atoms with Crippen LogP contribution in [0.3, 0.4) is 0 Å². The van der Waals surface area contributed by atoms with Crippen LogP contribution >= 0.6 is 0 Å². The highest BCUT2D eigenvalue weighted by atomic mass is 19.4. The van der Waals surface area contributed by atoms with Crippen molar-refractivity contribution in [1.29, 1.82) is 0 Å². The molecule has 0 unspecified atom stereocenters. The van der Waals surface area contributed by atoms with Gasteiger partial charge < -0.3 is 20.6 Å². The number of anilines is 1. The van der Waals surface area contributed by atoms with Gasteiger partial charge in [-0.25, -0.2) is 0 Å². The Bertz CT molecular complexity index is 1080. The lowest BCUT2D eigenvalue weighted by molar-refractivity contribution is -0.137. The number of fused-ring (bicyclic) bond motifs is 1. The van der Waals surface area contributed by atoms with E-state index >= 15 is 0 Å². The van der Waals surface area contributed by atoms with Crippen molar-refractivity contribution < 1.29 is 28.5 Å². The number of alkyl halides is 3. The van der Waals surface area contributed by atoms with Crippen molar-refractivity contribution in [2.24, 2.45) is 0 Å². The Hall–Kier alpha value is -2.98. The summed E-state index contributed by atoms with van der Waals surface area (Å²) in [6, 6.07) is 3.85. The maximum atomic E-state index is 12.9. The number of aliphatic hydroxyl groups excluding tert-OH is 2. The quantitative estimate of drug-likeness (QED) is 0.515. The molecule has 0 radical (unpaired) electrons. The summed E-state index contributed by atoms with van der Waals surface area (Å²) in [6.07, 6.45) is -1.49. The molecule has 7 nitrogen and oxygen atoms in total. The molecule has 158 valence electrons. The minimum absolute atomic E-state index is 0.103. The Labute approximate surface area is 169 Å². The van der Waals surface area contributed by atoms with Crippen LogP contribution in [0.2, 0.25) is 0 Å². The molecule has 2 aromatic heterocycles. The van der Waals surface area contributed by atoms with Crippen LogP contribution in [0.25, 0.3) is 22.0 Å². The molecular formula is C20H19F3N4O3. The summed E-state index contributed by atoms with van der Waals surface area (Å²) >= 11 is 0. The van der Waals surface area contributed by atoms with Crippen LogP contribution in [0.4, 0.5) is 19.0 Å². The summed E-state index contributed by atoms with van der Waals surface area (Å²) < 4.78 is 38.7. The Balaban J connectivity index is 1.75. The van der Waals surface area contributed by atoms with Gasteiger partial charge >= 0.3 is 6.18 Å². The van der Waals surface area contributed by atoms with Gasteiger partial charge in [0.2, 0.25) is 0 Å². The van der Waals surface area contributed by atoms with Crippen LogP contribution in [-0.4, -0.2) is 48.8 Å². The van der Waals surface area contributed by atoms with Crippen LogP contribution < -0.4 is 5.32 Å². The Morgan fingerprint density at radius 1 is 1.03 bits per heavy atom. The van der Waals surface area contributed by atoms with E-state index in [0.717, 1.165) is 18.6 Å². The first-order valence-corrected chi connectivity index (χ1v) is 9.39. The summed E-state index contributed by atoms with van der Waals surface area (Å²) in [5.41, 5.74) is -0.661. The van der Waals surface area contributed by atoms with Crippen LogP contribution in [0.15, 0.2) is 36.7 Å². The minimum Gasteiger partial charge on any atom is -0.507 e. The van der Waals surface area contributed by atoms with E-state index in [-0.39, 0.29) is 11.3 Å². The topological polar surface area (TPSA) is 111 Å². The molecule has 0 bridgehead atoms. The monoisotopic (exact) mass is 420 g/mol. The Morgan fingerprint density at radius 2 is 1.83 bits per heavy atom. The average Bonchev–Trinajstić information content (AvgIpc) is 2.71. The van der Waals surface area contributed by atoms with E-state index in [1.165, 1.54) is 12.4 Å². The van der Waals surface area contributed by atoms with Crippen molar-refractivity contribution in [2.45, 2.75) is 43.7 Å². The number of hydrogen-bond acceptors (Lipinski definition) is 7. The SMILES string of the molecule is Oc1cc(C(F)(F)F)ccc1-c1nnc(N[C@@H]2CCC[C@@H](O)[C@H]2O)c2cnccc12. The number of pyridine rings is 1. The third-order valence-corrected chi connectivity index (χ3v) is 5.31. The molecule has 3 atom stereocenters. The van der Waals surface area contributed by atoms with E-state index in [4.69, 9.17) is 0 Å². The van der Waals surface area contributed by atoms with Crippen LogP contribution in [-0.2, 0) is 6.18 Å². The van der Waals surface area contributed by atoms with Gasteiger partial charge in [-0.3, -0.25) is 4.98 Å². The van der Waals surface area contributed by atoms with Crippen molar-refractivity contribution in [2.75, 3.05) is 5.32 Å². The van der Waals surface area contributed by atoms with E-state index in [0.29, 0.717) is 35.5 Å². The summed E-state index contributed by atoms with van der Waals surface area (Å²) in [5.74, 6) is -0.241. The molecule has 4 rings (SSSR count). The fourth-order valence-electron chi connectivity index (χ4n) is 3.70. The number of aliphatic hydroxyl groups is 2. The van der Waals surface area contributed by atoms with Crippen LogP contribution in [0.5, 0.6) is 5.75 Å². The lowest BCUT2D eigenvalue weighted by atomic mass is 9.90. The first-order chi connectivity index (χ1) is 14.3. The van der Waals surface area contributed by atoms with Crippen LogP contribution in [0, 0.1) is 0 Å². The van der Waals surface area contributed by atoms with E-state index in [1.807, 2.05) is 0 Å². The summed E-state index contributed by atoms with van der Waals surface area (Å²) in [5, 5.41) is 42.7. The molecule has 1 saturated carbocycles. The van der Waals surface area contributed by atoms with Gasteiger partial charge in [0, 0.05) is 28.7 Å². The molecule has 10 heteroatoms. The lowest BCUT2D eigenvalue weighted by Crippen LogP contribution is -2.45. The molecule has 0 saturated heterocycles. The number of nitrogens with zero attached hydrogens (tertiary/aromatic N) is 3. The van der Waals surface area contributed by atoms with E-state index in [2.05, 4.69) is 20.5 Å². The smallest absolute Gasteiger partial charge is 0.416 e. The zero-order valence-electron chi connectivity index (χ0n) is 15.6. The standard InChI is InChI=1S/C20H19F3N4O3/c21-20(22,23)10-4-5-12(16(29)8-10)17-11-6-7-24-9-13(11)19(27-26-17)25-14-2-1-3-15(28)18(14)30/h4-9,14-15,18,28-30H,1-3H2,(H,25,27)/t14-,15-,18+/m1/s1. The number of aromatic nitrogens is 3. The van der Waals surface area contributed by atoms with Crippen LogP contribution in [0.1, 0.15) is 24.8 Å². The van der Waals surface area contributed by atoms with Crippen molar-refractivity contribution in [3.63, 3.8) is 0 Å². The largest absolute Gasteiger partial charge is 0.507 e. The van der Waals surface area contributed by atoms with E-state index < -0.39 is 35.7 Å². The second kappa shape index (κ2) is 7.69. The zero-order valence-corrected chi connectivity index (χ0v) is 15.6. The van der Waals surface area contributed by atoms with Gasteiger partial charge in [0.15, 0.2) is 5.82 Å². The normalized spacial score (nSPS) is 22.2. The first kappa shape index (κ1) is 20.3. The number of nitrogens with one attached hydrogen (secondary N) is 1. The lowest BCUT2D eigenvalue weighted by Gasteiger charge is -2.32. The number of phenolic OH excluding ortho intramolecular Hbond substituents is 1. The molecule has 1 aliphatic rings. The van der Waals surface area contributed by atoms with Gasteiger partial charge in [0.05, 0.1) is 23.8 Å². The number of phenols is 1. The number of halogens is 3. The second-order valence-corrected chi connectivity index (χ2v) is 7.29. The van der Waals surface area contributed by atoms with E-state index in [1.54, 1.807) is 6.07 Å². The zero-order chi connectivity index (χ0) is 21.5. The Morgan fingerprint density at radius 3 is 2.57 bits per heavy atom. The molecular weight excluding hydrogens is 401 g/mol. The van der Waals surface area contributed by atoms with Gasteiger partial charge in [0.25, 0.3) is 0 Å². The number of hydrogen-bond donors (Lipinski definition) is 4. The predicted octanol–water partition coefficient (Wildman–Crippen LogP) is 3.10. The molecule has 3 aromatic rings.